The lowest BCUT2D eigenvalue weighted by molar-refractivity contribution is 0.474. The molecule has 2 aromatic rings. The SMILES string of the molecule is Cc1ncc(CNC2CC2)n1Cc1cccc(O)c1. The van der Waals surface area contributed by atoms with Gasteiger partial charge >= 0.3 is 0 Å². The molecule has 1 heterocycles. The molecule has 0 atom stereocenters. The zero-order valence-corrected chi connectivity index (χ0v) is 11.1. The van der Waals surface area contributed by atoms with E-state index in [9.17, 15) is 5.11 Å². The lowest BCUT2D eigenvalue weighted by Gasteiger charge is -2.11. The monoisotopic (exact) mass is 257 g/mol. The zero-order chi connectivity index (χ0) is 13.2. The van der Waals surface area contributed by atoms with Crippen LogP contribution in [-0.2, 0) is 13.1 Å². The van der Waals surface area contributed by atoms with E-state index in [1.165, 1.54) is 18.5 Å². The summed E-state index contributed by atoms with van der Waals surface area (Å²) < 4.78 is 2.20. The van der Waals surface area contributed by atoms with Crippen LogP contribution in [0.1, 0.15) is 29.9 Å². The third-order valence-corrected chi connectivity index (χ3v) is 3.54. The number of hydrogen-bond donors (Lipinski definition) is 2. The number of nitrogens with one attached hydrogen (secondary N) is 1. The molecule has 0 saturated heterocycles. The first-order valence-corrected chi connectivity index (χ1v) is 6.74. The summed E-state index contributed by atoms with van der Waals surface area (Å²) in [7, 11) is 0. The second-order valence-corrected chi connectivity index (χ2v) is 5.21. The van der Waals surface area contributed by atoms with E-state index in [1.54, 1.807) is 12.1 Å². The van der Waals surface area contributed by atoms with Gasteiger partial charge in [0, 0.05) is 25.3 Å². The molecule has 1 aliphatic carbocycles. The van der Waals surface area contributed by atoms with Gasteiger partial charge in [0.2, 0.25) is 0 Å². The van der Waals surface area contributed by atoms with E-state index in [0.29, 0.717) is 11.8 Å². The fourth-order valence-corrected chi connectivity index (χ4v) is 2.25. The Morgan fingerprint density at radius 3 is 3.00 bits per heavy atom. The first-order valence-electron chi connectivity index (χ1n) is 6.74. The zero-order valence-electron chi connectivity index (χ0n) is 11.1. The molecule has 0 aliphatic heterocycles. The van der Waals surface area contributed by atoms with Crippen LogP contribution in [0.3, 0.4) is 0 Å². The Kier molecular flexibility index (Phi) is 3.25. The lowest BCUT2D eigenvalue weighted by atomic mass is 10.2. The number of nitrogens with zero attached hydrogens (tertiary/aromatic N) is 2. The minimum absolute atomic E-state index is 0.313. The summed E-state index contributed by atoms with van der Waals surface area (Å²) in [6.45, 7) is 3.63. The second-order valence-electron chi connectivity index (χ2n) is 5.21. The first-order chi connectivity index (χ1) is 9.22. The summed E-state index contributed by atoms with van der Waals surface area (Å²) in [5, 5.41) is 13.0. The molecule has 0 amide bonds. The molecule has 100 valence electrons. The molecule has 4 nitrogen and oxygen atoms in total. The molecule has 0 unspecified atom stereocenters. The van der Waals surface area contributed by atoms with E-state index in [1.807, 2.05) is 25.3 Å². The molecule has 4 heteroatoms. The Bertz CT molecular complexity index is 573. The number of benzene rings is 1. The van der Waals surface area contributed by atoms with Crippen LogP contribution >= 0.6 is 0 Å². The van der Waals surface area contributed by atoms with Gasteiger partial charge in [0.05, 0.1) is 5.69 Å². The van der Waals surface area contributed by atoms with E-state index >= 15 is 0 Å². The van der Waals surface area contributed by atoms with Gasteiger partial charge in [-0.25, -0.2) is 4.98 Å². The Morgan fingerprint density at radius 2 is 2.26 bits per heavy atom. The van der Waals surface area contributed by atoms with Crippen LogP contribution in [0.2, 0.25) is 0 Å². The van der Waals surface area contributed by atoms with Gasteiger partial charge in [-0.2, -0.15) is 0 Å². The molecule has 0 bridgehead atoms. The minimum atomic E-state index is 0.313. The molecule has 1 aromatic carbocycles. The predicted molar refractivity (Wildman–Crippen MR) is 74.0 cm³/mol. The van der Waals surface area contributed by atoms with Crippen molar-refractivity contribution < 1.29 is 5.11 Å². The summed E-state index contributed by atoms with van der Waals surface area (Å²) in [5.74, 6) is 1.32. The molecule has 1 aromatic heterocycles. The van der Waals surface area contributed by atoms with Crippen LogP contribution in [0.5, 0.6) is 5.75 Å². The van der Waals surface area contributed by atoms with E-state index < -0.39 is 0 Å². The average Bonchev–Trinajstić information content (AvgIpc) is 3.15. The van der Waals surface area contributed by atoms with Gasteiger partial charge in [0.15, 0.2) is 0 Å². The topological polar surface area (TPSA) is 50.1 Å². The summed E-state index contributed by atoms with van der Waals surface area (Å²) in [5.41, 5.74) is 2.29. The van der Waals surface area contributed by atoms with Gasteiger partial charge in [-0.3, -0.25) is 0 Å². The second kappa shape index (κ2) is 5.05. The quantitative estimate of drug-likeness (QED) is 0.863. The maximum atomic E-state index is 9.53. The van der Waals surface area contributed by atoms with Crippen LogP contribution in [0.15, 0.2) is 30.5 Å². The lowest BCUT2D eigenvalue weighted by Crippen LogP contribution is -2.18. The molecule has 1 fully saturated rings. The van der Waals surface area contributed by atoms with Crippen molar-refractivity contribution in [1.82, 2.24) is 14.9 Å². The number of aryl methyl sites for hydroxylation is 1. The predicted octanol–water partition coefficient (Wildman–Crippen LogP) is 2.20. The molecule has 2 N–H and O–H groups in total. The van der Waals surface area contributed by atoms with Crippen molar-refractivity contribution >= 4 is 0 Å². The third kappa shape index (κ3) is 2.96. The summed E-state index contributed by atoms with van der Waals surface area (Å²) >= 11 is 0. The Labute approximate surface area is 113 Å². The molecular weight excluding hydrogens is 238 g/mol. The number of imidazole rings is 1. The number of hydrogen-bond acceptors (Lipinski definition) is 3. The number of phenols is 1. The molecule has 0 spiro atoms. The van der Waals surface area contributed by atoms with Gasteiger partial charge < -0.3 is 15.0 Å². The van der Waals surface area contributed by atoms with Crippen molar-refractivity contribution in [3.63, 3.8) is 0 Å². The van der Waals surface area contributed by atoms with Gasteiger partial charge in [-0.1, -0.05) is 12.1 Å². The molecule has 19 heavy (non-hydrogen) atoms. The molecular formula is C15H19N3O. The highest BCUT2D eigenvalue weighted by Gasteiger charge is 2.20. The normalized spacial score (nSPS) is 14.8. The van der Waals surface area contributed by atoms with Crippen molar-refractivity contribution in [3.05, 3.63) is 47.5 Å². The van der Waals surface area contributed by atoms with Crippen molar-refractivity contribution in [2.24, 2.45) is 0 Å². The van der Waals surface area contributed by atoms with Gasteiger partial charge in [-0.05, 0) is 37.5 Å². The molecule has 1 aliphatic rings. The summed E-state index contributed by atoms with van der Waals surface area (Å²) in [4.78, 5) is 4.39. The van der Waals surface area contributed by atoms with Crippen molar-refractivity contribution in [3.8, 4) is 5.75 Å². The summed E-state index contributed by atoms with van der Waals surface area (Å²) in [6.07, 6.45) is 4.52. The van der Waals surface area contributed by atoms with E-state index in [2.05, 4.69) is 14.9 Å². The van der Waals surface area contributed by atoms with E-state index in [-0.39, 0.29) is 0 Å². The van der Waals surface area contributed by atoms with E-state index in [4.69, 9.17) is 0 Å². The fraction of sp³-hybridized carbons (Fsp3) is 0.400. The number of aromatic nitrogens is 2. The molecule has 3 rings (SSSR count). The maximum Gasteiger partial charge on any atom is 0.115 e. The molecule has 1 saturated carbocycles. The van der Waals surface area contributed by atoms with Gasteiger partial charge in [0.25, 0.3) is 0 Å². The third-order valence-electron chi connectivity index (χ3n) is 3.54. The number of rotatable bonds is 5. The Morgan fingerprint density at radius 1 is 1.42 bits per heavy atom. The Balaban J connectivity index is 1.76. The number of aromatic hydroxyl groups is 1. The van der Waals surface area contributed by atoms with Gasteiger partial charge in [0.1, 0.15) is 11.6 Å². The highest BCUT2D eigenvalue weighted by atomic mass is 16.3. The maximum absolute atomic E-state index is 9.53. The highest BCUT2D eigenvalue weighted by Crippen LogP contribution is 2.20. The largest absolute Gasteiger partial charge is 0.508 e. The first kappa shape index (κ1) is 12.2. The standard InChI is InChI=1S/C15H19N3O/c1-11-16-8-14(9-17-13-5-6-13)18(11)10-12-3-2-4-15(19)7-12/h2-4,7-8,13,17,19H,5-6,9-10H2,1H3. The van der Waals surface area contributed by atoms with Crippen LogP contribution in [-0.4, -0.2) is 20.7 Å². The average molecular weight is 257 g/mol. The Hall–Kier alpha value is -1.81. The molecule has 0 radical (unpaired) electrons. The van der Waals surface area contributed by atoms with Crippen molar-refractivity contribution in [2.45, 2.75) is 38.9 Å². The van der Waals surface area contributed by atoms with E-state index in [0.717, 1.165) is 24.5 Å². The fourth-order valence-electron chi connectivity index (χ4n) is 2.25. The number of phenolic OH excluding ortho intramolecular Hbond substituents is 1. The van der Waals surface area contributed by atoms with Crippen LogP contribution < -0.4 is 5.32 Å². The van der Waals surface area contributed by atoms with Crippen LogP contribution in [0.25, 0.3) is 0 Å². The smallest absolute Gasteiger partial charge is 0.115 e. The van der Waals surface area contributed by atoms with Crippen molar-refractivity contribution in [2.75, 3.05) is 0 Å². The van der Waals surface area contributed by atoms with Crippen LogP contribution in [0.4, 0.5) is 0 Å². The van der Waals surface area contributed by atoms with Crippen molar-refractivity contribution in [1.29, 1.82) is 0 Å². The highest BCUT2D eigenvalue weighted by molar-refractivity contribution is 5.27. The minimum Gasteiger partial charge on any atom is -0.508 e. The van der Waals surface area contributed by atoms with Crippen LogP contribution in [0, 0.1) is 6.92 Å². The summed E-state index contributed by atoms with van der Waals surface area (Å²) in [6, 6.07) is 8.10. The van der Waals surface area contributed by atoms with Gasteiger partial charge in [-0.15, -0.1) is 0 Å².